The van der Waals surface area contributed by atoms with Crippen molar-refractivity contribution in [2.24, 2.45) is 5.10 Å². The Bertz CT molecular complexity index is 1050. The van der Waals surface area contributed by atoms with Crippen molar-refractivity contribution in [2.75, 3.05) is 7.11 Å². The van der Waals surface area contributed by atoms with E-state index in [1.807, 2.05) is 0 Å². The lowest BCUT2D eigenvalue weighted by Crippen LogP contribution is -2.17. The van der Waals surface area contributed by atoms with Crippen molar-refractivity contribution in [3.8, 4) is 11.5 Å². The van der Waals surface area contributed by atoms with E-state index in [1.165, 1.54) is 12.3 Å². The molecule has 0 saturated heterocycles. The first-order chi connectivity index (χ1) is 14.1. The Labute approximate surface area is 172 Å². The Morgan fingerprint density at radius 1 is 0.966 bits per heavy atom. The SMILES string of the molecule is COc1ccc(C(=O)Oc2ccccc2/C=N/NC(=O)c2cccc(Cl)c2)cc1. The molecule has 3 aromatic carbocycles. The van der Waals surface area contributed by atoms with Crippen LogP contribution in [0, 0.1) is 0 Å². The van der Waals surface area contributed by atoms with Crippen LogP contribution in [0.4, 0.5) is 0 Å². The van der Waals surface area contributed by atoms with Crippen LogP contribution in [0.1, 0.15) is 26.3 Å². The van der Waals surface area contributed by atoms with Crippen LogP contribution >= 0.6 is 11.6 Å². The van der Waals surface area contributed by atoms with Crippen LogP contribution < -0.4 is 14.9 Å². The van der Waals surface area contributed by atoms with Gasteiger partial charge in [0, 0.05) is 16.1 Å². The van der Waals surface area contributed by atoms with Crippen LogP contribution in [0.15, 0.2) is 77.9 Å². The number of methoxy groups -OCH3 is 1. The van der Waals surface area contributed by atoms with Gasteiger partial charge in [0.15, 0.2) is 0 Å². The highest BCUT2D eigenvalue weighted by atomic mass is 35.5. The first-order valence-corrected chi connectivity index (χ1v) is 8.99. The third-order valence-corrected chi connectivity index (χ3v) is 4.14. The summed E-state index contributed by atoms with van der Waals surface area (Å²) in [5.74, 6) is 0.0338. The van der Waals surface area contributed by atoms with Gasteiger partial charge in [-0.2, -0.15) is 5.10 Å². The molecule has 3 rings (SSSR count). The largest absolute Gasteiger partial charge is 0.497 e. The summed E-state index contributed by atoms with van der Waals surface area (Å²) in [5, 5.41) is 4.39. The normalized spacial score (nSPS) is 10.6. The molecule has 29 heavy (non-hydrogen) atoms. The Morgan fingerprint density at radius 2 is 1.72 bits per heavy atom. The van der Waals surface area contributed by atoms with E-state index in [1.54, 1.807) is 73.8 Å². The van der Waals surface area contributed by atoms with Gasteiger partial charge in [0.05, 0.1) is 18.9 Å². The molecule has 0 spiro atoms. The molecule has 0 aromatic heterocycles. The van der Waals surface area contributed by atoms with Gasteiger partial charge in [0.2, 0.25) is 0 Å². The zero-order valence-electron chi connectivity index (χ0n) is 15.5. The van der Waals surface area contributed by atoms with Gasteiger partial charge in [-0.15, -0.1) is 0 Å². The number of rotatable bonds is 6. The lowest BCUT2D eigenvalue weighted by Gasteiger charge is -2.08. The first-order valence-electron chi connectivity index (χ1n) is 8.61. The average Bonchev–Trinajstić information content (AvgIpc) is 2.75. The van der Waals surface area contributed by atoms with Gasteiger partial charge < -0.3 is 9.47 Å². The molecule has 7 heteroatoms. The van der Waals surface area contributed by atoms with Crippen LogP contribution in [0.25, 0.3) is 0 Å². The number of nitrogens with one attached hydrogen (secondary N) is 1. The molecule has 0 aliphatic carbocycles. The molecule has 0 bridgehead atoms. The Hall–Kier alpha value is -3.64. The lowest BCUT2D eigenvalue weighted by atomic mass is 10.2. The van der Waals surface area contributed by atoms with Crippen LogP contribution in [0.5, 0.6) is 11.5 Å². The summed E-state index contributed by atoms with van der Waals surface area (Å²) in [5.41, 5.74) is 3.71. The smallest absolute Gasteiger partial charge is 0.343 e. The Kier molecular flexibility index (Phi) is 6.60. The molecule has 0 unspecified atom stereocenters. The van der Waals surface area contributed by atoms with Crippen molar-refractivity contribution in [1.29, 1.82) is 0 Å². The summed E-state index contributed by atoms with van der Waals surface area (Å²) >= 11 is 5.88. The maximum absolute atomic E-state index is 12.4. The minimum Gasteiger partial charge on any atom is -0.497 e. The molecule has 0 saturated carbocycles. The predicted molar refractivity (Wildman–Crippen MR) is 111 cm³/mol. The van der Waals surface area contributed by atoms with Gasteiger partial charge in [0.25, 0.3) is 5.91 Å². The molecule has 0 aliphatic heterocycles. The van der Waals surface area contributed by atoms with Gasteiger partial charge in [-0.05, 0) is 54.6 Å². The Balaban J connectivity index is 1.68. The highest BCUT2D eigenvalue weighted by Crippen LogP contribution is 2.19. The monoisotopic (exact) mass is 408 g/mol. The van der Waals surface area contributed by atoms with Crippen molar-refractivity contribution in [3.63, 3.8) is 0 Å². The topological polar surface area (TPSA) is 77.0 Å². The van der Waals surface area contributed by atoms with Gasteiger partial charge in [-0.25, -0.2) is 10.2 Å². The third-order valence-electron chi connectivity index (χ3n) is 3.90. The Morgan fingerprint density at radius 3 is 2.45 bits per heavy atom. The number of hydrogen-bond donors (Lipinski definition) is 1. The van der Waals surface area contributed by atoms with Gasteiger partial charge in [-0.3, -0.25) is 4.79 Å². The fourth-order valence-corrected chi connectivity index (χ4v) is 2.61. The molecule has 0 aliphatic rings. The van der Waals surface area contributed by atoms with Crippen LogP contribution in [0.2, 0.25) is 5.02 Å². The number of carbonyl (C=O) groups excluding carboxylic acids is 2. The van der Waals surface area contributed by atoms with E-state index in [0.717, 1.165) is 0 Å². The molecule has 0 radical (unpaired) electrons. The van der Waals surface area contributed by atoms with Crippen molar-refractivity contribution < 1.29 is 19.1 Å². The number of amides is 1. The molecule has 6 nitrogen and oxygen atoms in total. The number of para-hydroxylation sites is 1. The predicted octanol–water partition coefficient (Wildman–Crippen LogP) is 4.33. The number of esters is 1. The zero-order valence-corrected chi connectivity index (χ0v) is 16.2. The van der Waals surface area contributed by atoms with Gasteiger partial charge in [0.1, 0.15) is 11.5 Å². The maximum atomic E-state index is 12.4. The molecular formula is C22H17ClN2O4. The molecular weight excluding hydrogens is 392 g/mol. The molecule has 1 N–H and O–H groups in total. The maximum Gasteiger partial charge on any atom is 0.343 e. The van der Waals surface area contributed by atoms with Crippen molar-refractivity contribution in [2.45, 2.75) is 0 Å². The molecule has 3 aromatic rings. The molecule has 0 heterocycles. The van der Waals surface area contributed by atoms with E-state index in [-0.39, 0.29) is 0 Å². The summed E-state index contributed by atoms with van der Waals surface area (Å²) < 4.78 is 10.5. The minimum absolute atomic E-state index is 0.314. The van der Waals surface area contributed by atoms with Gasteiger partial charge in [-0.1, -0.05) is 29.8 Å². The summed E-state index contributed by atoms with van der Waals surface area (Å²) in [6.45, 7) is 0. The number of halogens is 1. The second kappa shape index (κ2) is 9.52. The third kappa shape index (κ3) is 5.43. The fourth-order valence-electron chi connectivity index (χ4n) is 2.42. The van der Waals surface area contributed by atoms with E-state index in [0.29, 0.717) is 33.2 Å². The number of ether oxygens (including phenoxy) is 2. The highest BCUT2D eigenvalue weighted by molar-refractivity contribution is 6.30. The summed E-state index contributed by atoms with van der Waals surface area (Å²) in [6.07, 6.45) is 1.40. The quantitative estimate of drug-likeness (QED) is 0.285. The standard InChI is InChI=1S/C22H17ClN2O4/c1-28-19-11-9-15(10-12-19)22(27)29-20-8-3-2-5-17(20)14-24-25-21(26)16-6-4-7-18(23)13-16/h2-14H,1H3,(H,25,26)/b24-14+. The van der Waals surface area contributed by atoms with E-state index < -0.39 is 11.9 Å². The van der Waals surface area contributed by atoms with Crippen LogP contribution in [0.3, 0.4) is 0 Å². The van der Waals surface area contributed by atoms with Crippen LogP contribution in [-0.2, 0) is 0 Å². The van der Waals surface area contributed by atoms with Crippen LogP contribution in [-0.4, -0.2) is 25.2 Å². The first kappa shape index (κ1) is 20.1. The average molecular weight is 409 g/mol. The molecule has 0 atom stereocenters. The minimum atomic E-state index is -0.517. The number of nitrogens with zero attached hydrogens (tertiary/aromatic N) is 1. The number of carbonyl (C=O) groups is 2. The highest BCUT2D eigenvalue weighted by Gasteiger charge is 2.11. The van der Waals surface area contributed by atoms with Crippen molar-refractivity contribution >= 4 is 29.7 Å². The summed E-state index contributed by atoms with van der Waals surface area (Å²) in [4.78, 5) is 24.5. The molecule has 0 fully saturated rings. The van der Waals surface area contributed by atoms with Crippen molar-refractivity contribution in [1.82, 2.24) is 5.43 Å². The van der Waals surface area contributed by atoms with E-state index in [2.05, 4.69) is 10.5 Å². The van der Waals surface area contributed by atoms with E-state index >= 15 is 0 Å². The second-order valence-corrected chi connectivity index (χ2v) is 6.30. The molecule has 1 amide bonds. The van der Waals surface area contributed by atoms with E-state index in [9.17, 15) is 9.59 Å². The zero-order chi connectivity index (χ0) is 20.6. The number of hydrazone groups is 1. The van der Waals surface area contributed by atoms with Crippen molar-refractivity contribution in [3.05, 3.63) is 94.5 Å². The number of hydrogen-bond acceptors (Lipinski definition) is 5. The summed E-state index contributed by atoms with van der Waals surface area (Å²) in [6, 6.07) is 20.0. The lowest BCUT2D eigenvalue weighted by molar-refractivity contribution is 0.0734. The second-order valence-electron chi connectivity index (χ2n) is 5.87. The number of benzene rings is 3. The fraction of sp³-hybridized carbons (Fsp3) is 0.0455. The van der Waals surface area contributed by atoms with Gasteiger partial charge >= 0.3 is 5.97 Å². The van der Waals surface area contributed by atoms with E-state index in [4.69, 9.17) is 21.1 Å². The molecule has 146 valence electrons. The summed E-state index contributed by atoms with van der Waals surface area (Å²) in [7, 11) is 1.55.